The first-order chi connectivity index (χ1) is 7.29. The Hall–Kier alpha value is -1.88. The minimum Gasteiger partial charge on any atom is -0.395 e. The van der Waals surface area contributed by atoms with Gasteiger partial charge in [0.2, 0.25) is 0 Å². The van der Waals surface area contributed by atoms with Gasteiger partial charge in [-0.25, -0.2) is 9.69 Å². The number of benzene rings is 1. The van der Waals surface area contributed by atoms with Crippen LogP contribution in [-0.4, -0.2) is 30.7 Å². The summed E-state index contributed by atoms with van der Waals surface area (Å²) in [5.41, 5.74) is 0.433. The number of carbonyl (C=O) groups is 1. The predicted octanol–water partition coefficient (Wildman–Crippen LogP) is 0.262. The fourth-order valence-corrected chi connectivity index (χ4v) is 1.03. The van der Waals surface area contributed by atoms with Gasteiger partial charge in [-0.1, -0.05) is 18.2 Å². The Bertz CT molecular complexity index is 327. The summed E-state index contributed by atoms with van der Waals surface area (Å²) < 4.78 is 0. The van der Waals surface area contributed by atoms with Crippen molar-refractivity contribution in [1.82, 2.24) is 5.32 Å². The average Bonchev–Trinajstić information content (AvgIpc) is 2.29. The second-order valence-electron chi connectivity index (χ2n) is 2.72. The van der Waals surface area contributed by atoms with Gasteiger partial charge >= 0.3 is 12.4 Å². The summed E-state index contributed by atoms with van der Waals surface area (Å²) in [6.07, 6.45) is 1.52. The number of aliphatic hydroxyl groups excluding tert-OH is 1. The zero-order valence-electron chi connectivity index (χ0n) is 8.01. The number of aliphatic hydroxyl groups is 1. The zero-order valence-corrected chi connectivity index (χ0v) is 8.01. The van der Waals surface area contributed by atoms with Crippen molar-refractivity contribution in [3.8, 4) is 0 Å². The third-order valence-electron chi connectivity index (χ3n) is 1.70. The molecule has 0 aliphatic carbocycles. The monoisotopic (exact) mass is 207 g/mol. The van der Waals surface area contributed by atoms with Crippen LogP contribution in [0.4, 0.5) is 10.5 Å². The molecular formula is C10H11N2O3. The molecule has 0 aliphatic rings. The van der Waals surface area contributed by atoms with Crippen molar-refractivity contribution in [2.45, 2.75) is 0 Å². The number of para-hydroxylation sites is 1. The molecule has 0 aliphatic heterocycles. The van der Waals surface area contributed by atoms with Crippen molar-refractivity contribution >= 4 is 18.1 Å². The summed E-state index contributed by atoms with van der Waals surface area (Å²) in [7, 11) is 0. The first-order valence-corrected chi connectivity index (χ1v) is 4.41. The molecule has 0 bridgehead atoms. The van der Waals surface area contributed by atoms with Crippen molar-refractivity contribution in [1.29, 1.82) is 0 Å². The third-order valence-corrected chi connectivity index (χ3v) is 1.70. The van der Waals surface area contributed by atoms with Gasteiger partial charge in [-0.05, 0) is 12.1 Å². The molecule has 5 nitrogen and oxygen atoms in total. The van der Waals surface area contributed by atoms with Crippen LogP contribution in [0.3, 0.4) is 0 Å². The molecule has 1 aromatic carbocycles. The number of hydrogen-bond acceptors (Lipinski definition) is 3. The van der Waals surface area contributed by atoms with E-state index in [0.717, 1.165) is 4.90 Å². The average molecular weight is 207 g/mol. The van der Waals surface area contributed by atoms with E-state index >= 15 is 0 Å². The molecule has 0 fully saturated rings. The fourth-order valence-electron chi connectivity index (χ4n) is 1.03. The third kappa shape index (κ3) is 3.07. The number of nitrogens with zero attached hydrogens (tertiary/aromatic N) is 1. The van der Waals surface area contributed by atoms with Gasteiger partial charge in [-0.15, -0.1) is 0 Å². The molecule has 5 heteroatoms. The van der Waals surface area contributed by atoms with Crippen LogP contribution >= 0.6 is 0 Å². The van der Waals surface area contributed by atoms with E-state index in [2.05, 4.69) is 5.32 Å². The molecule has 3 amide bonds. The summed E-state index contributed by atoms with van der Waals surface area (Å²) in [5, 5.41) is 10.9. The van der Waals surface area contributed by atoms with Crippen LogP contribution in [-0.2, 0) is 4.79 Å². The molecule has 0 heterocycles. The normalized spacial score (nSPS) is 9.40. The Morgan fingerprint density at radius 3 is 2.60 bits per heavy atom. The lowest BCUT2D eigenvalue weighted by Crippen LogP contribution is -2.40. The first kappa shape index (κ1) is 11.2. The minimum atomic E-state index is -0.606. The summed E-state index contributed by atoms with van der Waals surface area (Å²) in [6, 6.07) is 7.81. The SMILES string of the molecule is O=[C]N(C(=O)NCCO)c1ccccc1. The van der Waals surface area contributed by atoms with E-state index in [1.807, 2.05) is 0 Å². The standard InChI is InChI=1S/C10H11N2O3/c13-7-6-11-10(15)12(8-14)9-4-2-1-3-5-9/h1-5,13H,6-7H2,(H,11,15). The lowest BCUT2D eigenvalue weighted by molar-refractivity contribution is 0.241. The molecule has 0 aromatic heterocycles. The van der Waals surface area contributed by atoms with Gasteiger partial charge in [0.25, 0.3) is 0 Å². The largest absolute Gasteiger partial charge is 0.395 e. The smallest absolute Gasteiger partial charge is 0.329 e. The second kappa shape index (κ2) is 5.77. The van der Waals surface area contributed by atoms with E-state index in [-0.39, 0.29) is 13.2 Å². The van der Waals surface area contributed by atoms with Crippen molar-refractivity contribution in [3.63, 3.8) is 0 Å². The molecule has 0 unspecified atom stereocenters. The van der Waals surface area contributed by atoms with Crippen LogP contribution in [0, 0.1) is 0 Å². The number of hydrogen-bond donors (Lipinski definition) is 2. The van der Waals surface area contributed by atoms with Crippen LogP contribution < -0.4 is 10.2 Å². The topological polar surface area (TPSA) is 69.6 Å². The van der Waals surface area contributed by atoms with Crippen LogP contribution in [0.1, 0.15) is 0 Å². The first-order valence-electron chi connectivity index (χ1n) is 4.41. The maximum Gasteiger partial charge on any atom is 0.329 e. The lowest BCUT2D eigenvalue weighted by Gasteiger charge is -2.14. The van der Waals surface area contributed by atoms with E-state index in [1.54, 1.807) is 30.3 Å². The van der Waals surface area contributed by atoms with Crippen LogP contribution in [0.5, 0.6) is 0 Å². The minimum absolute atomic E-state index is 0.101. The summed E-state index contributed by atoms with van der Waals surface area (Å²) in [5.74, 6) is 0. The van der Waals surface area contributed by atoms with Gasteiger partial charge in [-0.2, -0.15) is 0 Å². The van der Waals surface area contributed by atoms with Crippen molar-refractivity contribution < 1.29 is 14.7 Å². The number of imide groups is 1. The highest BCUT2D eigenvalue weighted by atomic mass is 16.3. The molecule has 79 valence electrons. The van der Waals surface area contributed by atoms with Gasteiger partial charge in [0.15, 0.2) is 0 Å². The Labute approximate surface area is 87.3 Å². The van der Waals surface area contributed by atoms with E-state index in [0.29, 0.717) is 5.69 Å². The van der Waals surface area contributed by atoms with E-state index in [4.69, 9.17) is 5.11 Å². The number of carbonyl (C=O) groups excluding carboxylic acids is 2. The fraction of sp³-hybridized carbons (Fsp3) is 0.200. The van der Waals surface area contributed by atoms with Crippen molar-refractivity contribution in [2.75, 3.05) is 18.1 Å². The van der Waals surface area contributed by atoms with Crippen LogP contribution in [0.25, 0.3) is 0 Å². The Balaban J connectivity index is 2.72. The molecule has 0 saturated heterocycles. The van der Waals surface area contributed by atoms with Crippen molar-refractivity contribution in [2.24, 2.45) is 0 Å². The number of urea groups is 1. The Kier molecular flexibility index (Phi) is 4.30. The molecule has 2 N–H and O–H groups in total. The van der Waals surface area contributed by atoms with Crippen LogP contribution in [0.15, 0.2) is 30.3 Å². The quantitative estimate of drug-likeness (QED) is 0.696. The van der Waals surface area contributed by atoms with Gasteiger partial charge in [0.1, 0.15) is 0 Å². The van der Waals surface area contributed by atoms with Crippen LogP contribution in [0.2, 0.25) is 0 Å². The molecule has 15 heavy (non-hydrogen) atoms. The molecule has 1 radical (unpaired) electrons. The zero-order chi connectivity index (χ0) is 11.1. The van der Waals surface area contributed by atoms with Gasteiger partial charge in [0, 0.05) is 6.54 Å². The van der Waals surface area contributed by atoms with Gasteiger partial charge in [-0.3, -0.25) is 4.79 Å². The molecule has 0 saturated carbocycles. The number of amides is 3. The van der Waals surface area contributed by atoms with E-state index < -0.39 is 6.03 Å². The number of rotatable bonds is 4. The predicted molar refractivity (Wildman–Crippen MR) is 55.1 cm³/mol. The Morgan fingerprint density at radius 2 is 2.07 bits per heavy atom. The molecule has 0 spiro atoms. The van der Waals surface area contributed by atoms with Gasteiger partial charge < -0.3 is 10.4 Å². The number of anilines is 1. The maximum absolute atomic E-state index is 11.4. The van der Waals surface area contributed by atoms with Crippen molar-refractivity contribution in [3.05, 3.63) is 30.3 Å². The van der Waals surface area contributed by atoms with E-state index in [1.165, 1.54) is 6.41 Å². The molecule has 1 aromatic rings. The second-order valence-corrected chi connectivity index (χ2v) is 2.72. The molecular weight excluding hydrogens is 196 g/mol. The molecule has 1 rings (SSSR count). The number of nitrogens with one attached hydrogen (secondary N) is 1. The summed E-state index contributed by atoms with van der Waals surface area (Å²) in [4.78, 5) is 22.8. The highest BCUT2D eigenvalue weighted by molar-refractivity contribution is 6.06. The van der Waals surface area contributed by atoms with E-state index in [9.17, 15) is 9.59 Å². The Morgan fingerprint density at radius 1 is 1.40 bits per heavy atom. The highest BCUT2D eigenvalue weighted by Crippen LogP contribution is 2.10. The van der Waals surface area contributed by atoms with Gasteiger partial charge in [0.05, 0.1) is 12.3 Å². The summed E-state index contributed by atoms with van der Waals surface area (Å²) in [6.45, 7) is -0.0723. The maximum atomic E-state index is 11.4. The summed E-state index contributed by atoms with van der Waals surface area (Å²) >= 11 is 0. The molecule has 0 atom stereocenters. The highest BCUT2D eigenvalue weighted by Gasteiger charge is 2.14. The lowest BCUT2D eigenvalue weighted by atomic mass is 10.3.